The van der Waals surface area contributed by atoms with Gasteiger partial charge in [-0.15, -0.1) is 11.3 Å². The Labute approximate surface area is 170 Å². The lowest BCUT2D eigenvalue weighted by atomic mass is 9.97. The van der Waals surface area contributed by atoms with E-state index in [1.807, 2.05) is 0 Å². The minimum atomic E-state index is 0.352. The molecule has 1 aliphatic heterocycles. The normalized spacial score (nSPS) is 15.5. The van der Waals surface area contributed by atoms with Gasteiger partial charge in [-0.1, -0.05) is 51.0 Å². The molecule has 1 aromatic carbocycles. The number of nitrogens with zero attached hydrogens (tertiary/aromatic N) is 3. The van der Waals surface area contributed by atoms with E-state index in [1.165, 1.54) is 52.6 Å². The molecule has 3 nitrogen and oxygen atoms in total. The van der Waals surface area contributed by atoms with E-state index in [9.17, 15) is 0 Å². The lowest BCUT2D eigenvalue weighted by Gasteiger charge is -2.23. The Balaban J connectivity index is 1.88. The number of hydrogen-bond acceptors (Lipinski definition) is 4. The van der Waals surface area contributed by atoms with Crippen molar-refractivity contribution >= 4 is 39.0 Å². The fourth-order valence-electron chi connectivity index (χ4n) is 3.96. The summed E-state index contributed by atoms with van der Waals surface area (Å²) in [5.74, 6) is 1.55. The molecule has 0 atom stereocenters. The molecule has 142 valence electrons. The summed E-state index contributed by atoms with van der Waals surface area (Å²) < 4.78 is 0. The van der Waals surface area contributed by atoms with Crippen LogP contribution in [0.25, 0.3) is 21.3 Å². The first-order chi connectivity index (χ1) is 13.0. The van der Waals surface area contributed by atoms with Crippen molar-refractivity contribution < 1.29 is 0 Å². The first kappa shape index (κ1) is 18.7. The molecule has 2 aromatic heterocycles. The molecule has 0 radical (unpaired) electrons. The van der Waals surface area contributed by atoms with Crippen molar-refractivity contribution in [3.05, 3.63) is 40.0 Å². The van der Waals surface area contributed by atoms with Gasteiger partial charge in [-0.05, 0) is 48.4 Å². The standard InChI is InChI=1S/C22H26ClN3S/c1-14(2)16-8-10-17(11-9-16)18-15(3)27-21-19(18)20(24-22(23)25-21)26-12-6-4-5-7-13-26/h8-11,14H,4-7,12-13H2,1-3H3. The highest BCUT2D eigenvalue weighted by Gasteiger charge is 2.22. The van der Waals surface area contributed by atoms with E-state index in [4.69, 9.17) is 16.6 Å². The third-order valence-electron chi connectivity index (χ3n) is 5.45. The van der Waals surface area contributed by atoms with Crippen LogP contribution in [0.2, 0.25) is 5.28 Å². The number of benzene rings is 1. The summed E-state index contributed by atoms with van der Waals surface area (Å²) in [6, 6.07) is 8.96. The topological polar surface area (TPSA) is 29.0 Å². The maximum atomic E-state index is 6.30. The van der Waals surface area contributed by atoms with Crippen LogP contribution in [0, 0.1) is 6.92 Å². The number of halogens is 1. The molecule has 0 N–H and O–H groups in total. The maximum absolute atomic E-state index is 6.30. The highest BCUT2D eigenvalue weighted by atomic mass is 35.5. The molecule has 0 amide bonds. The molecule has 1 saturated heterocycles. The van der Waals surface area contributed by atoms with Crippen LogP contribution in [0.5, 0.6) is 0 Å². The van der Waals surface area contributed by atoms with Crippen molar-refractivity contribution in [3.8, 4) is 11.1 Å². The van der Waals surface area contributed by atoms with E-state index in [0.717, 1.165) is 23.7 Å². The number of rotatable bonds is 3. The smallest absolute Gasteiger partial charge is 0.225 e. The first-order valence-electron chi connectivity index (χ1n) is 9.86. The average Bonchev–Trinajstić information content (AvgIpc) is 2.82. The molecule has 1 fully saturated rings. The fraction of sp³-hybridized carbons (Fsp3) is 0.455. The minimum Gasteiger partial charge on any atom is -0.356 e. The number of aryl methyl sites for hydroxylation is 1. The van der Waals surface area contributed by atoms with Crippen LogP contribution in [0.3, 0.4) is 0 Å². The SMILES string of the molecule is Cc1sc2nc(Cl)nc(N3CCCCCC3)c2c1-c1ccc(C(C)C)cc1. The largest absolute Gasteiger partial charge is 0.356 e. The first-order valence-corrected chi connectivity index (χ1v) is 11.1. The van der Waals surface area contributed by atoms with Gasteiger partial charge in [-0.2, -0.15) is 4.98 Å². The van der Waals surface area contributed by atoms with E-state index in [1.54, 1.807) is 11.3 Å². The molecule has 0 unspecified atom stereocenters. The van der Waals surface area contributed by atoms with Gasteiger partial charge in [0, 0.05) is 23.5 Å². The Morgan fingerprint density at radius 2 is 1.67 bits per heavy atom. The molecule has 3 heterocycles. The lowest BCUT2D eigenvalue weighted by Crippen LogP contribution is -2.25. The average molecular weight is 400 g/mol. The summed E-state index contributed by atoms with van der Waals surface area (Å²) in [6.07, 6.45) is 5.02. The van der Waals surface area contributed by atoms with E-state index in [-0.39, 0.29) is 0 Å². The zero-order valence-electron chi connectivity index (χ0n) is 16.3. The van der Waals surface area contributed by atoms with Gasteiger partial charge >= 0.3 is 0 Å². The van der Waals surface area contributed by atoms with E-state index in [0.29, 0.717) is 11.2 Å². The van der Waals surface area contributed by atoms with E-state index >= 15 is 0 Å². The zero-order chi connectivity index (χ0) is 19.0. The number of thiophene rings is 1. The van der Waals surface area contributed by atoms with Crippen LogP contribution in [0.4, 0.5) is 5.82 Å². The van der Waals surface area contributed by atoms with Crippen LogP contribution >= 0.6 is 22.9 Å². The van der Waals surface area contributed by atoms with Crippen LogP contribution < -0.4 is 4.90 Å². The zero-order valence-corrected chi connectivity index (χ0v) is 17.8. The molecular formula is C22H26ClN3S. The van der Waals surface area contributed by atoms with Gasteiger partial charge in [0.2, 0.25) is 5.28 Å². The Hall–Kier alpha value is -1.65. The quantitative estimate of drug-likeness (QED) is 0.452. The van der Waals surface area contributed by atoms with Crippen LogP contribution in [-0.2, 0) is 0 Å². The Morgan fingerprint density at radius 3 is 2.30 bits per heavy atom. The molecule has 0 spiro atoms. The Bertz CT molecular complexity index is 938. The number of fused-ring (bicyclic) bond motifs is 1. The predicted molar refractivity (Wildman–Crippen MR) is 117 cm³/mol. The minimum absolute atomic E-state index is 0.352. The van der Waals surface area contributed by atoms with Crippen molar-refractivity contribution in [1.82, 2.24) is 9.97 Å². The van der Waals surface area contributed by atoms with Gasteiger partial charge in [-0.3, -0.25) is 0 Å². The highest BCUT2D eigenvalue weighted by Crippen LogP contribution is 2.42. The maximum Gasteiger partial charge on any atom is 0.225 e. The summed E-state index contributed by atoms with van der Waals surface area (Å²) >= 11 is 8.02. The van der Waals surface area contributed by atoms with Gasteiger partial charge in [-0.25, -0.2) is 4.98 Å². The van der Waals surface area contributed by atoms with Crippen LogP contribution in [-0.4, -0.2) is 23.1 Å². The fourth-order valence-corrected chi connectivity index (χ4v) is 5.22. The van der Waals surface area contributed by atoms with Crippen molar-refractivity contribution in [2.24, 2.45) is 0 Å². The van der Waals surface area contributed by atoms with E-state index in [2.05, 4.69) is 54.9 Å². The molecule has 27 heavy (non-hydrogen) atoms. The summed E-state index contributed by atoms with van der Waals surface area (Å²) in [5.41, 5.74) is 3.87. The third-order valence-corrected chi connectivity index (χ3v) is 6.62. The van der Waals surface area contributed by atoms with Gasteiger partial charge in [0.05, 0.1) is 5.39 Å². The van der Waals surface area contributed by atoms with Gasteiger partial charge in [0.1, 0.15) is 10.6 Å². The van der Waals surface area contributed by atoms with E-state index < -0.39 is 0 Å². The molecule has 3 aromatic rings. The Morgan fingerprint density at radius 1 is 1.00 bits per heavy atom. The van der Waals surface area contributed by atoms with Crippen molar-refractivity contribution in [3.63, 3.8) is 0 Å². The molecule has 5 heteroatoms. The van der Waals surface area contributed by atoms with Crippen LogP contribution in [0.15, 0.2) is 24.3 Å². The predicted octanol–water partition coefficient (Wildman–Crippen LogP) is 6.82. The van der Waals surface area contributed by atoms with Crippen molar-refractivity contribution in [2.45, 2.75) is 52.4 Å². The molecule has 0 saturated carbocycles. The van der Waals surface area contributed by atoms with Crippen molar-refractivity contribution in [1.29, 1.82) is 0 Å². The van der Waals surface area contributed by atoms with Gasteiger partial charge in [0.25, 0.3) is 0 Å². The molecule has 0 aliphatic carbocycles. The molecule has 4 rings (SSSR count). The third kappa shape index (κ3) is 3.70. The second kappa shape index (κ2) is 7.76. The number of hydrogen-bond donors (Lipinski definition) is 0. The molecule has 1 aliphatic rings. The highest BCUT2D eigenvalue weighted by molar-refractivity contribution is 7.19. The summed E-state index contributed by atoms with van der Waals surface area (Å²) in [7, 11) is 0. The summed E-state index contributed by atoms with van der Waals surface area (Å²) in [5, 5.41) is 1.52. The summed E-state index contributed by atoms with van der Waals surface area (Å²) in [6.45, 7) is 8.73. The second-order valence-corrected chi connectivity index (χ2v) is 9.25. The molecular weight excluding hydrogens is 374 g/mol. The molecule has 0 bridgehead atoms. The van der Waals surface area contributed by atoms with Crippen LogP contribution in [0.1, 0.15) is 55.9 Å². The number of aromatic nitrogens is 2. The number of anilines is 1. The lowest BCUT2D eigenvalue weighted by molar-refractivity contribution is 0.726. The Kier molecular flexibility index (Phi) is 5.38. The van der Waals surface area contributed by atoms with Gasteiger partial charge in [0.15, 0.2) is 0 Å². The monoisotopic (exact) mass is 399 g/mol. The van der Waals surface area contributed by atoms with Gasteiger partial charge < -0.3 is 4.90 Å². The second-order valence-electron chi connectivity index (χ2n) is 7.71. The summed E-state index contributed by atoms with van der Waals surface area (Å²) in [4.78, 5) is 13.9. The van der Waals surface area contributed by atoms with Crippen molar-refractivity contribution in [2.75, 3.05) is 18.0 Å².